The van der Waals surface area contributed by atoms with E-state index < -0.39 is 5.91 Å². The van der Waals surface area contributed by atoms with Gasteiger partial charge in [-0.05, 0) is 12.5 Å². The number of fused-ring (bicyclic) bond motifs is 1. The third-order valence-corrected chi connectivity index (χ3v) is 3.35. The number of hydrogen-bond acceptors (Lipinski definition) is 4. The van der Waals surface area contributed by atoms with Gasteiger partial charge in [0.05, 0.1) is 12.2 Å². The number of hydrogen-bond donors (Lipinski definition) is 2. The van der Waals surface area contributed by atoms with Crippen molar-refractivity contribution in [2.24, 2.45) is 5.73 Å². The van der Waals surface area contributed by atoms with Gasteiger partial charge < -0.3 is 5.73 Å². The number of nitrogens with two attached hydrogens (primary N) is 1. The molecule has 0 saturated carbocycles. The van der Waals surface area contributed by atoms with E-state index in [-0.39, 0.29) is 17.4 Å². The molecular weight excluding hydrogens is 270 g/mol. The van der Waals surface area contributed by atoms with Crippen molar-refractivity contribution in [3.05, 3.63) is 58.3 Å². The van der Waals surface area contributed by atoms with Crippen molar-refractivity contribution < 1.29 is 4.79 Å². The summed E-state index contributed by atoms with van der Waals surface area (Å²) >= 11 is 0. The lowest BCUT2D eigenvalue weighted by atomic mass is 10.1. The van der Waals surface area contributed by atoms with Gasteiger partial charge in [-0.25, -0.2) is 14.8 Å². The van der Waals surface area contributed by atoms with Gasteiger partial charge in [-0.2, -0.15) is 0 Å². The summed E-state index contributed by atoms with van der Waals surface area (Å²) in [4.78, 5) is 34.2. The lowest BCUT2D eigenvalue weighted by molar-refractivity contribution is 0.0995. The monoisotopic (exact) mass is 283 g/mol. The second-order valence-corrected chi connectivity index (χ2v) is 4.68. The molecule has 3 N–H and O–H groups in total. The Morgan fingerprint density at radius 3 is 2.71 bits per heavy atom. The van der Waals surface area contributed by atoms with Gasteiger partial charge in [0.2, 0.25) is 0 Å². The van der Waals surface area contributed by atoms with E-state index in [2.05, 4.69) is 15.0 Å². The third kappa shape index (κ3) is 2.18. The van der Waals surface area contributed by atoms with E-state index in [0.717, 1.165) is 5.56 Å². The molecule has 1 amide bonds. The molecule has 0 spiro atoms. The van der Waals surface area contributed by atoms with Crippen LogP contribution in [0.1, 0.15) is 29.0 Å². The van der Waals surface area contributed by atoms with Gasteiger partial charge >= 0.3 is 5.69 Å². The molecule has 0 fully saturated rings. The minimum Gasteiger partial charge on any atom is -0.364 e. The van der Waals surface area contributed by atoms with E-state index >= 15 is 0 Å². The Balaban J connectivity index is 2.22. The van der Waals surface area contributed by atoms with Gasteiger partial charge in [0.1, 0.15) is 5.69 Å². The van der Waals surface area contributed by atoms with Crippen LogP contribution in [-0.4, -0.2) is 25.4 Å². The van der Waals surface area contributed by atoms with Crippen molar-refractivity contribution in [1.29, 1.82) is 0 Å². The van der Waals surface area contributed by atoms with E-state index in [1.807, 2.05) is 37.3 Å². The lowest BCUT2D eigenvalue weighted by Gasteiger charge is -2.13. The van der Waals surface area contributed by atoms with Crippen LogP contribution in [0.3, 0.4) is 0 Å². The summed E-state index contributed by atoms with van der Waals surface area (Å²) in [6.07, 6.45) is 1.25. The number of carbonyl (C=O) groups excluding carboxylic acids is 1. The number of benzene rings is 1. The Hall–Kier alpha value is -2.96. The molecule has 7 nitrogen and oxygen atoms in total. The molecule has 21 heavy (non-hydrogen) atoms. The topological polar surface area (TPSA) is 107 Å². The summed E-state index contributed by atoms with van der Waals surface area (Å²) in [5.74, 6) is -0.683. The highest BCUT2D eigenvalue weighted by Crippen LogP contribution is 2.19. The van der Waals surface area contributed by atoms with Gasteiger partial charge in [-0.3, -0.25) is 14.3 Å². The number of carbonyl (C=O) groups is 1. The summed E-state index contributed by atoms with van der Waals surface area (Å²) in [5.41, 5.74) is 6.49. The largest absolute Gasteiger partial charge is 0.364 e. The number of nitrogens with zero attached hydrogens (tertiary/aromatic N) is 3. The molecule has 0 saturated heterocycles. The second kappa shape index (κ2) is 4.86. The first kappa shape index (κ1) is 13.0. The van der Waals surface area contributed by atoms with Gasteiger partial charge in [-0.15, -0.1) is 0 Å². The molecule has 0 aliphatic carbocycles. The van der Waals surface area contributed by atoms with Crippen LogP contribution in [0.2, 0.25) is 0 Å². The first-order valence-corrected chi connectivity index (χ1v) is 6.40. The number of rotatable bonds is 3. The fourth-order valence-electron chi connectivity index (χ4n) is 2.25. The number of amides is 1. The van der Waals surface area contributed by atoms with Crippen molar-refractivity contribution in [2.75, 3.05) is 0 Å². The summed E-state index contributed by atoms with van der Waals surface area (Å²) in [6, 6.07) is 9.28. The fourth-order valence-corrected chi connectivity index (χ4v) is 2.25. The van der Waals surface area contributed by atoms with E-state index in [4.69, 9.17) is 5.73 Å². The summed E-state index contributed by atoms with van der Waals surface area (Å²) in [7, 11) is 0. The Morgan fingerprint density at radius 1 is 1.33 bits per heavy atom. The zero-order valence-corrected chi connectivity index (χ0v) is 11.3. The molecule has 1 unspecified atom stereocenters. The van der Waals surface area contributed by atoms with Gasteiger partial charge in [0.15, 0.2) is 11.3 Å². The third-order valence-electron chi connectivity index (χ3n) is 3.35. The summed E-state index contributed by atoms with van der Waals surface area (Å²) < 4.78 is 1.46. The van der Waals surface area contributed by atoms with Crippen LogP contribution < -0.4 is 11.4 Å². The molecule has 0 aliphatic heterocycles. The average molecular weight is 283 g/mol. The number of H-pyrrole nitrogens is 1. The quantitative estimate of drug-likeness (QED) is 0.742. The first-order chi connectivity index (χ1) is 10.1. The molecule has 3 rings (SSSR count). The smallest absolute Gasteiger partial charge is 0.329 e. The van der Waals surface area contributed by atoms with Crippen LogP contribution in [-0.2, 0) is 0 Å². The highest BCUT2D eigenvalue weighted by molar-refractivity contribution is 5.91. The second-order valence-electron chi connectivity index (χ2n) is 4.68. The van der Waals surface area contributed by atoms with Crippen LogP contribution in [0.4, 0.5) is 0 Å². The van der Waals surface area contributed by atoms with E-state index in [1.54, 1.807) is 0 Å². The molecule has 3 aromatic rings. The molecule has 0 bridgehead atoms. The summed E-state index contributed by atoms with van der Waals surface area (Å²) in [5, 5.41) is 0. The summed E-state index contributed by atoms with van der Waals surface area (Å²) in [6.45, 7) is 1.88. The minimum atomic E-state index is -0.683. The lowest BCUT2D eigenvalue weighted by Crippen LogP contribution is -2.22. The molecule has 2 aromatic heterocycles. The SMILES string of the molecule is CC(c1ccccc1)n1c(=O)[nH]c2ncc(C(N)=O)nc21. The minimum absolute atomic E-state index is 0.0236. The van der Waals surface area contributed by atoms with Crippen LogP contribution in [0.15, 0.2) is 41.3 Å². The normalized spacial score (nSPS) is 12.4. The van der Waals surface area contributed by atoms with Crippen LogP contribution >= 0.6 is 0 Å². The van der Waals surface area contributed by atoms with Gasteiger partial charge in [0, 0.05) is 0 Å². The Kier molecular flexibility index (Phi) is 3.02. The standard InChI is InChI=1S/C14H13N5O2/c1-8(9-5-3-2-4-6-9)19-13-12(18-14(19)21)16-7-10(17-13)11(15)20/h2-8H,1H3,(H2,15,20)(H,16,18,21). The highest BCUT2D eigenvalue weighted by Gasteiger charge is 2.17. The van der Waals surface area contributed by atoms with E-state index in [0.29, 0.717) is 11.3 Å². The van der Waals surface area contributed by atoms with E-state index in [9.17, 15) is 9.59 Å². The molecule has 2 heterocycles. The maximum Gasteiger partial charge on any atom is 0.329 e. The maximum atomic E-state index is 12.1. The van der Waals surface area contributed by atoms with Crippen LogP contribution in [0.25, 0.3) is 11.3 Å². The van der Waals surface area contributed by atoms with Crippen LogP contribution in [0, 0.1) is 0 Å². The Bertz CT molecular complexity index is 866. The predicted molar refractivity (Wildman–Crippen MR) is 76.9 cm³/mol. The molecule has 1 aromatic carbocycles. The van der Waals surface area contributed by atoms with Crippen LogP contribution in [0.5, 0.6) is 0 Å². The van der Waals surface area contributed by atoms with E-state index in [1.165, 1.54) is 10.8 Å². The Labute approximate surface area is 119 Å². The molecule has 106 valence electrons. The number of aromatic amines is 1. The molecule has 7 heteroatoms. The van der Waals surface area contributed by atoms with Crippen molar-refractivity contribution in [2.45, 2.75) is 13.0 Å². The average Bonchev–Trinajstić information content (AvgIpc) is 2.82. The molecular formula is C14H13N5O2. The Morgan fingerprint density at radius 2 is 2.05 bits per heavy atom. The number of primary amides is 1. The molecule has 1 atom stereocenters. The van der Waals surface area contributed by atoms with Crippen molar-refractivity contribution in [1.82, 2.24) is 19.5 Å². The number of nitrogens with one attached hydrogen (secondary N) is 1. The van der Waals surface area contributed by atoms with Gasteiger partial charge in [-0.1, -0.05) is 30.3 Å². The van der Waals surface area contributed by atoms with Crippen molar-refractivity contribution in [3.63, 3.8) is 0 Å². The fraction of sp³-hybridized carbons (Fsp3) is 0.143. The zero-order valence-electron chi connectivity index (χ0n) is 11.3. The molecule has 0 aliphatic rings. The number of imidazole rings is 1. The molecule has 0 radical (unpaired) electrons. The first-order valence-electron chi connectivity index (χ1n) is 6.40. The highest BCUT2D eigenvalue weighted by atomic mass is 16.1. The van der Waals surface area contributed by atoms with Gasteiger partial charge in [0.25, 0.3) is 5.91 Å². The number of aromatic nitrogens is 4. The van der Waals surface area contributed by atoms with Crippen molar-refractivity contribution >= 4 is 17.2 Å². The zero-order chi connectivity index (χ0) is 15.0. The predicted octanol–water partition coefficient (Wildman–Crippen LogP) is 0.828. The van der Waals surface area contributed by atoms with Crippen molar-refractivity contribution in [3.8, 4) is 0 Å². The maximum absolute atomic E-state index is 12.1.